The molecule has 2 aliphatic rings. The van der Waals surface area contributed by atoms with E-state index in [0.717, 1.165) is 44.3 Å². The minimum atomic E-state index is -3.38. The second kappa shape index (κ2) is 5.94. The van der Waals surface area contributed by atoms with Crippen molar-refractivity contribution in [1.29, 1.82) is 0 Å². The zero-order valence-corrected chi connectivity index (χ0v) is 12.8. The molecule has 0 spiro atoms. The van der Waals surface area contributed by atoms with Gasteiger partial charge in [0.1, 0.15) is 5.75 Å². The van der Waals surface area contributed by atoms with E-state index < -0.39 is 10.0 Å². The molecule has 3 N–H and O–H groups in total. The topological polar surface area (TPSA) is 81.4 Å². The van der Waals surface area contributed by atoms with Crippen LogP contribution in [0, 0.1) is 0 Å². The molecule has 3 rings (SSSR count). The molecule has 21 heavy (non-hydrogen) atoms. The molecule has 1 aromatic rings. The van der Waals surface area contributed by atoms with Crippen LogP contribution in [0.3, 0.4) is 0 Å². The number of nitrogens with one attached hydrogen (secondary N) is 1. The Morgan fingerprint density at radius 1 is 1.00 bits per heavy atom. The highest BCUT2D eigenvalue weighted by molar-refractivity contribution is 7.89. The second-order valence-corrected chi connectivity index (χ2v) is 7.74. The summed E-state index contributed by atoms with van der Waals surface area (Å²) in [5.41, 5.74) is 5.87. The number of rotatable bonds is 5. The van der Waals surface area contributed by atoms with Gasteiger partial charge in [-0.05, 0) is 62.8 Å². The molecular formula is C15H22N2O3S. The number of nitrogens with two attached hydrogens (primary N) is 1. The van der Waals surface area contributed by atoms with Gasteiger partial charge >= 0.3 is 0 Å². The Bertz CT molecular complexity index is 573. The first kappa shape index (κ1) is 14.8. The van der Waals surface area contributed by atoms with Gasteiger partial charge in [-0.1, -0.05) is 0 Å². The molecule has 0 aromatic heterocycles. The van der Waals surface area contributed by atoms with Gasteiger partial charge in [-0.25, -0.2) is 13.1 Å². The maximum absolute atomic E-state index is 12.1. The molecule has 6 heteroatoms. The van der Waals surface area contributed by atoms with Crippen LogP contribution in [0.1, 0.15) is 38.5 Å². The summed E-state index contributed by atoms with van der Waals surface area (Å²) in [6.07, 6.45) is 5.96. The minimum Gasteiger partial charge on any atom is -0.490 e. The first-order valence-electron chi connectivity index (χ1n) is 7.57. The molecule has 0 unspecified atom stereocenters. The molecule has 5 nitrogen and oxygen atoms in total. The van der Waals surface area contributed by atoms with Gasteiger partial charge in [0, 0.05) is 12.1 Å². The number of ether oxygens (including phenoxy) is 1. The van der Waals surface area contributed by atoms with E-state index in [2.05, 4.69) is 4.72 Å². The van der Waals surface area contributed by atoms with Crippen molar-refractivity contribution >= 4 is 10.0 Å². The monoisotopic (exact) mass is 310 g/mol. The van der Waals surface area contributed by atoms with Gasteiger partial charge < -0.3 is 10.5 Å². The van der Waals surface area contributed by atoms with Crippen LogP contribution in [0.2, 0.25) is 0 Å². The van der Waals surface area contributed by atoms with Gasteiger partial charge in [0.15, 0.2) is 0 Å². The zero-order valence-electron chi connectivity index (χ0n) is 12.0. The van der Waals surface area contributed by atoms with E-state index >= 15 is 0 Å². The van der Waals surface area contributed by atoms with Gasteiger partial charge in [0.25, 0.3) is 0 Å². The second-order valence-electron chi connectivity index (χ2n) is 6.02. The Hall–Kier alpha value is -1.11. The van der Waals surface area contributed by atoms with Crippen molar-refractivity contribution in [3.63, 3.8) is 0 Å². The molecule has 2 fully saturated rings. The first-order chi connectivity index (χ1) is 10.0. The van der Waals surface area contributed by atoms with Crippen LogP contribution >= 0.6 is 0 Å². The summed E-state index contributed by atoms with van der Waals surface area (Å²) in [7, 11) is -3.38. The third-order valence-electron chi connectivity index (χ3n) is 4.05. The summed E-state index contributed by atoms with van der Waals surface area (Å²) in [5.74, 6) is 0.723. The number of hydrogen-bond acceptors (Lipinski definition) is 4. The lowest BCUT2D eigenvalue weighted by Crippen LogP contribution is -2.31. The molecule has 1 aromatic carbocycles. The molecular weight excluding hydrogens is 288 g/mol. The van der Waals surface area contributed by atoms with Crippen molar-refractivity contribution in [1.82, 2.24) is 4.72 Å². The Labute approximate surface area is 125 Å². The largest absolute Gasteiger partial charge is 0.490 e. The SMILES string of the molecule is NC1CCC(Oc2ccc(S(=O)(=O)NC3CC3)cc2)CC1. The molecule has 116 valence electrons. The summed E-state index contributed by atoms with van der Waals surface area (Å²) in [5, 5.41) is 0. The van der Waals surface area contributed by atoms with E-state index in [4.69, 9.17) is 10.5 Å². The molecule has 2 saturated carbocycles. The molecule has 0 radical (unpaired) electrons. The van der Waals surface area contributed by atoms with Crippen molar-refractivity contribution < 1.29 is 13.2 Å². The Balaban J connectivity index is 1.61. The van der Waals surface area contributed by atoms with E-state index in [1.807, 2.05) is 0 Å². The maximum Gasteiger partial charge on any atom is 0.240 e. The fourth-order valence-electron chi connectivity index (χ4n) is 2.58. The molecule has 0 heterocycles. The van der Waals surface area contributed by atoms with Gasteiger partial charge in [0.2, 0.25) is 10.0 Å². The minimum absolute atomic E-state index is 0.123. The van der Waals surface area contributed by atoms with Crippen LogP contribution in [0.4, 0.5) is 0 Å². The van der Waals surface area contributed by atoms with E-state index in [1.54, 1.807) is 24.3 Å². The van der Waals surface area contributed by atoms with E-state index in [9.17, 15) is 8.42 Å². The summed E-state index contributed by atoms with van der Waals surface area (Å²) < 4.78 is 32.7. The van der Waals surface area contributed by atoms with E-state index in [0.29, 0.717) is 10.9 Å². The molecule has 0 amide bonds. The average molecular weight is 310 g/mol. The van der Waals surface area contributed by atoms with Crippen molar-refractivity contribution in [2.45, 2.75) is 61.6 Å². The van der Waals surface area contributed by atoms with Crippen LogP contribution in [-0.2, 0) is 10.0 Å². The molecule has 2 aliphatic carbocycles. The summed E-state index contributed by atoms with van der Waals surface area (Å²) >= 11 is 0. The van der Waals surface area contributed by atoms with Crippen LogP contribution in [0.25, 0.3) is 0 Å². The molecule has 0 atom stereocenters. The first-order valence-corrected chi connectivity index (χ1v) is 9.06. The zero-order chi connectivity index (χ0) is 14.9. The molecule has 0 aliphatic heterocycles. The molecule has 0 saturated heterocycles. The lowest BCUT2D eigenvalue weighted by Gasteiger charge is -2.26. The van der Waals surface area contributed by atoms with Gasteiger partial charge in [-0.15, -0.1) is 0 Å². The van der Waals surface area contributed by atoms with E-state index in [-0.39, 0.29) is 12.1 Å². The lowest BCUT2D eigenvalue weighted by molar-refractivity contribution is 0.147. The number of benzene rings is 1. The van der Waals surface area contributed by atoms with E-state index in [1.165, 1.54) is 0 Å². The van der Waals surface area contributed by atoms with Crippen molar-refractivity contribution in [2.24, 2.45) is 5.73 Å². The lowest BCUT2D eigenvalue weighted by atomic mass is 9.94. The third kappa shape index (κ3) is 3.96. The third-order valence-corrected chi connectivity index (χ3v) is 5.59. The van der Waals surface area contributed by atoms with Crippen molar-refractivity contribution in [3.8, 4) is 5.75 Å². The van der Waals surface area contributed by atoms with Crippen LogP contribution in [-0.4, -0.2) is 26.6 Å². The number of sulfonamides is 1. The Morgan fingerprint density at radius 3 is 2.19 bits per heavy atom. The van der Waals surface area contributed by atoms with Crippen LogP contribution in [0.15, 0.2) is 29.2 Å². The van der Waals surface area contributed by atoms with Crippen LogP contribution in [0.5, 0.6) is 5.75 Å². The maximum atomic E-state index is 12.1. The molecule has 0 bridgehead atoms. The summed E-state index contributed by atoms with van der Waals surface area (Å²) in [6, 6.07) is 7.10. The fraction of sp³-hybridized carbons (Fsp3) is 0.600. The van der Waals surface area contributed by atoms with Crippen molar-refractivity contribution in [3.05, 3.63) is 24.3 Å². The van der Waals surface area contributed by atoms with Gasteiger partial charge in [-0.3, -0.25) is 0 Å². The Kier molecular flexibility index (Phi) is 4.19. The standard InChI is InChI=1S/C15H22N2O3S/c16-11-1-5-13(6-2-11)20-14-7-9-15(10-8-14)21(18,19)17-12-3-4-12/h7-13,17H,1-6,16H2. The number of hydrogen-bond donors (Lipinski definition) is 2. The average Bonchev–Trinajstić information content (AvgIpc) is 3.25. The highest BCUT2D eigenvalue weighted by Crippen LogP contribution is 2.25. The normalized spacial score (nSPS) is 26.5. The van der Waals surface area contributed by atoms with Crippen molar-refractivity contribution in [2.75, 3.05) is 0 Å². The smallest absolute Gasteiger partial charge is 0.240 e. The predicted octanol–water partition coefficient (Wildman–Crippen LogP) is 1.78. The van der Waals surface area contributed by atoms with Gasteiger partial charge in [0.05, 0.1) is 11.0 Å². The summed E-state index contributed by atoms with van der Waals surface area (Å²) in [4.78, 5) is 0.299. The van der Waals surface area contributed by atoms with Gasteiger partial charge in [-0.2, -0.15) is 0 Å². The highest BCUT2D eigenvalue weighted by Gasteiger charge is 2.28. The predicted molar refractivity (Wildman–Crippen MR) is 80.6 cm³/mol. The highest BCUT2D eigenvalue weighted by atomic mass is 32.2. The quantitative estimate of drug-likeness (QED) is 0.868. The Morgan fingerprint density at radius 2 is 1.62 bits per heavy atom. The fourth-order valence-corrected chi connectivity index (χ4v) is 3.89. The van der Waals surface area contributed by atoms with Crippen LogP contribution < -0.4 is 15.2 Å². The summed E-state index contributed by atoms with van der Waals surface area (Å²) in [6.45, 7) is 0.